The van der Waals surface area contributed by atoms with Gasteiger partial charge in [-0.1, -0.05) is 18.2 Å². The van der Waals surface area contributed by atoms with Crippen LogP contribution in [0.25, 0.3) is 0 Å². The quantitative estimate of drug-likeness (QED) is 0.830. The Hall–Kier alpha value is -2.03. The van der Waals surface area contributed by atoms with Crippen LogP contribution in [0.4, 0.5) is 0 Å². The summed E-state index contributed by atoms with van der Waals surface area (Å²) in [6.45, 7) is 0.469. The fourth-order valence-corrected chi connectivity index (χ4v) is 2.26. The van der Waals surface area contributed by atoms with Crippen LogP contribution in [0.1, 0.15) is 11.3 Å². The zero-order chi connectivity index (χ0) is 12.4. The summed E-state index contributed by atoms with van der Waals surface area (Å²) < 4.78 is 10.8. The van der Waals surface area contributed by atoms with Crippen molar-refractivity contribution in [3.8, 4) is 5.75 Å². The highest BCUT2D eigenvalue weighted by Gasteiger charge is 2.26. The first-order valence-electron chi connectivity index (χ1n) is 6.09. The molecule has 0 bridgehead atoms. The van der Waals surface area contributed by atoms with Crippen LogP contribution in [0.15, 0.2) is 47.1 Å². The molecule has 0 fully saturated rings. The van der Waals surface area contributed by atoms with Crippen LogP contribution < -0.4 is 4.74 Å². The number of ketones is 1. The Morgan fingerprint density at radius 1 is 1.22 bits per heavy atom. The number of hydrogen-bond acceptors (Lipinski definition) is 3. The Labute approximate surface area is 105 Å². The molecule has 3 heteroatoms. The number of furan rings is 1. The average molecular weight is 242 g/mol. The number of carbonyl (C=O) groups is 1. The topological polar surface area (TPSA) is 39.4 Å². The van der Waals surface area contributed by atoms with E-state index in [1.807, 2.05) is 30.3 Å². The first kappa shape index (κ1) is 11.1. The van der Waals surface area contributed by atoms with Crippen molar-refractivity contribution >= 4 is 5.78 Å². The van der Waals surface area contributed by atoms with Gasteiger partial charge in [0.15, 0.2) is 0 Å². The number of rotatable bonds is 3. The SMILES string of the molecule is O=C(Cc1ccco1)C1COc2ccccc2C1. The van der Waals surface area contributed by atoms with Crippen molar-refractivity contribution in [2.45, 2.75) is 12.8 Å². The number of Topliss-reactive ketones (excluding diaryl/α,β-unsaturated/α-hetero) is 1. The van der Waals surface area contributed by atoms with Gasteiger partial charge in [-0.2, -0.15) is 0 Å². The fraction of sp³-hybridized carbons (Fsp3) is 0.267. The summed E-state index contributed by atoms with van der Waals surface area (Å²) in [4.78, 5) is 12.1. The lowest BCUT2D eigenvalue weighted by Crippen LogP contribution is -2.29. The van der Waals surface area contributed by atoms with Gasteiger partial charge in [-0.05, 0) is 30.2 Å². The second kappa shape index (κ2) is 4.69. The lowest BCUT2D eigenvalue weighted by atomic mass is 9.91. The molecule has 0 radical (unpaired) electrons. The van der Waals surface area contributed by atoms with Gasteiger partial charge in [0, 0.05) is 0 Å². The molecule has 0 saturated carbocycles. The molecule has 92 valence electrons. The summed E-state index contributed by atoms with van der Waals surface area (Å²) in [6, 6.07) is 11.5. The third-order valence-corrected chi connectivity index (χ3v) is 3.26. The van der Waals surface area contributed by atoms with Gasteiger partial charge < -0.3 is 9.15 Å². The van der Waals surface area contributed by atoms with Gasteiger partial charge >= 0.3 is 0 Å². The molecule has 3 rings (SSSR count). The first-order chi connectivity index (χ1) is 8.83. The number of fused-ring (bicyclic) bond motifs is 1. The van der Waals surface area contributed by atoms with Crippen molar-refractivity contribution in [3.05, 3.63) is 54.0 Å². The highest BCUT2D eigenvalue weighted by atomic mass is 16.5. The average Bonchev–Trinajstić information content (AvgIpc) is 2.91. The molecule has 0 aliphatic carbocycles. The van der Waals surface area contributed by atoms with Crippen LogP contribution in [-0.4, -0.2) is 12.4 Å². The summed E-state index contributed by atoms with van der Waals surface area (Å²) in [5.74, 6) is 1.74. The van der Waals surface area contributed by atoms with Crippen LogP contribution in [0.3, 0.4) is 0 Å². The fourth-order valence-electron chi connectivity index (χ4n) is 2.26. The normalized spacial score (nSPS) is 17.9. The monoisotopic (exact) mass is 242 g/mol. The lowest BCUT2D eigenvalue weighted by molar-refractivity contribution is -0.123. The van der Waals surface area contributed by atoms with Gasteiger partial charge in [0.25, 0.3) is 0 Å². The smallest absolute Gasteiger partial charge is 0.147 e. The summed E-state index contributed by atoms with van der Waals surface area (Å²) in [5.41, 5.74) is 1.11. The molecule has 1 aromatic carbocycles. The second-order valence-electron chi connectivity index (χ2n) is 4.54. The van der Waals surface area contributed by atoms with Gasteiger partial charge in [-0.3, -0.25) is 4.79 Å². The van der Waals surface area contributed by atoms with Gasteiger partial charge in [0.2, 0.25) is 0 Å². The van der Waals surface area contributed by atoms with Gasteiger partial charge in [-0.15, -0.1) is 0 Å². The van der Waals surface area contributed by atoms with E-state index >= 15 is 0 Å². The van der Waals surface area contributed by atoms with E-state index in [0.29, 0.717) is 13.0 Å². The maximum atomic E-state index is 12.1. The van der Waals surface area contributed by atoms with Gasteiger partial charge in [0.05, 0.1) is 25.2 Å². The summed E-state index contributed by atoms with van der Waals surface area (Å²) in [6.07, 6.45) is 2.70. The summed E-state index contributed by atoms with van der Waals surface area (Å²) in [5, 5.41) is 0. The van der Waals surface area contributed by atoms with E-state index < -0.39 is 0 Å². The first-order valence-corrected chi connectivity index (χ1v) is 6.09. The van der Waals surface area contributed by atoms with E-state index in [-0.39, 0.29) is 11.7 Å². The molecular weight excluding hydrogens is 228 g/mol. The molecule has 2 aromatic rings. The van der Waals surface area contributed by atoms with Crippen molar-refractivity contribution in [1.82, 2.24) is 0 Å². The van der Waals surface area contributed by atoms with E-state index in [1.165, 1.54) is 0 Å². The van der Waals surface area contributed by atoms with E-state index in [4.69, 9.17) is 9.15 Å². The third-order valence-electron chi connectivity index (χ3n) is 3.26. The minimum atomic E-state index is -0.0648. The van der Waals surface area contributed by atoms with Crippen molar-refractivity contribution < 1.29 is 13.9 Å². The van der Waals surface area contributed by atoms with Crippen LogP contribution in [0.5, 0.6) is 5.75 Å². The molecule has 0 amide bonds. The largest absolute Gasteiger partial charge is 0.493 e. The van der Waals surface area contributed by atoms with E-state index in [0.717, 1.165) is 23.5 Å². The zero-order valence-corrected chi connectivity index (χ0v) is 9.96. The molecular formula is C15H14O3. The van der Waals surface area contributed by atoms with Crippen LogP contribution in [0.2, 0.25) is 0 Å². The third kappa shape index (κ3) is 2.16. The molecule has 0 N–H and O–H groups in total. The Kier molecular flexibility index (Phi) is 2.89. The Balaban J connectivity index is 1.70. The Morgan fingerprint density at radius 3 is 2.94 bits per heavy atom. The molecule has 0 spiro atoms. The predicted molar refractivity (Wildman–Crippen MR) is 66.6 cm³/mol. The minimum absolute atomic E-state index is 0.0648. The van der Waals surface area contributed by atoms with Crippen LogP contribution in [-0.2, 0) is 17.6 Å². The van der Waals surface area contributed by atoms with E-state index in [1.54, 1.807) is 12.3 Å². The molecule has 0 saturated heterocycles. The zero-order valence-electron chi connectivity index (χ0n) is 9.96. The van der Waals surface area contributed by atoms with Crippen molar-refractivity contribution in [2.24, 2.45) is 5.92 Å². The number of hydrogen-bond donors (Lipinski definition) is 0. The van der Waals surface area contributed by atoms with Crippen LogP contribution in [0, 0.1) is 5.92 Å². The highest BCUT2D eigenvalue weighted by Crippen LogP contribution is 2.27. The number of carbonyl (C=O) groups excluding carboxylic acids is 1. The number of ether oxygens (including phenoxy) is 1. The number of benzene rings is 1. The van der Waals surface area contributed by atoms with Crippen LogP contribution >= 0.6 is 0 Å². The van der Waals surface area contributed by atoms with Crippen molar-refractivity contribution in [2.75, 3.05) is 6.61 Å². The Morgan fingerprint density at radius 2 is 2.11 bits per heavy atom. The highest BCUT2D eigenvalue weighted by molar-refractivity contribution is 5.83. The standard InChI is InChI=1S/C15H14O3/c16-14(9-13-5-3-7-17-13)12-8-11-4-1-2-6-15(11)18-10-12/h1-7,12H,8-10H2. The molecule has 1 aliphatic heterocycles. The number of para-hydroxylation sites is 1. The second-order valence-corrected chi connectivity index (χ2v) is 4.54. The maximum Gasteiger partial charge on any atom is 0.147 e. The molecule has 1 unspecified atom stereocenters. The molecule has 2 heterocycles. The van der Waals surface area contributed by atoms with Crippen molar-refractivity contribution in [3.63, 3.8) is 0 Å². The lowest BCUT2D eigenvalue weighted by Gasteiger charge is -2.24. The molecule has 1 aromatic heterocycles. The van der Waals surface area contributed by atoms with Gasteiger partial charge in [-0.25, -0.2) is 0 Å². The molecule has 3 nitrogen and oxygen atoms in total. The van der Waals surface area contributed by atoms with Gasteiger partial charge in [0.1, 0.15) is 17.3 Å². The minimum Gasteiger partial charge on any atom is -0.493 e. The Bertz CT molecular complexity index is 543. The summed E-state index contributed by atoms with van der Waals surface area (Å²) in [7, 11) is 0. The molecule has 18 heavy (non-hydrogen) atoms. The summed E-state index contributed by atoms with van der Waals surface area (Å²) >= 11 is 0. The maximum absolute atomic E-state index is 12.1. The van der Waals surface area contributed by atoms with Crippen molar-refractivity contribution in [1.29, 1.82) is 0 Å². The predicted octanol–water partition coefficient (Wildman–Crippen LogP) is 2.64. The molecule has 1 aliphatic rings. The molecule has 1 atom stereocenters. The van der Waals surface area contributed by atoms with E-state index in [2.05, 4.69) is 0 Å². The van der Waals surface area contributed by atoms with E-state index in [9.17, 15) is 4.79 Å².